The molecule has 0 aliphatic rings. The average Bonchev–Trinajstić information content (AvgIpc) is 3.23. The number of hydrogen-bond donors (Lipinski definition) is 2. The number of para-hydroxylation sites is 1. The van der Waals surface area contributed by atoms with Gasteiger partial charge in [-0.1, -0.05) is 24.3 Å². The van der Waals surface area contributed by atoms with E-state index in [4.69, 9.17) is 4.74 Å². The Hall–Kier alpha value is -3.82. The molecule has 0 aliphatic heterocycles. The van der Waals surface area contributed by atoms with Crippen molar-refractivity contribution in [1.82, 2.24) is 20.4 Å². The van der Waals surface area contributed by atoms with E-state index in [2.05, 4.69) is 15.7 Å². The molecule has 0 radical (unpaired) electrons. The van der Waals surface area contributed by atoms with Crippen LogP contribution in [0.1, 0.15) is 40.3 Å². The number of alkyl halides is 3. The summed E-state index contributed by atoms with van der Waals surface area (Å²) < 4.78 is 46.8. The normalized spacial score (nSPS) is 11.3. The molecule has 0 bridgehead atoms. The summed E-state index contributed by atoms with van der Waals surface area (Å²) in [6.07, 6.45) is -3.82. The zero-order valence-corrected chi connectivity index (χ0v) is 18.0. The monoisotopic (exact) mass is 460 g/mol. The van der Waals surface area contributed by atoms with Crippen LogP contribution in [0.15, 0.2) is 60.8 Å². The van der Waals surface area contributed by atoms with Gasteiger partial charge in [-0.05, 0) is 44.2 Å². The van der Waals surface area contributed by atoms with Crippen LogP contribution in [0.2, 0.25) is 0 Å². The SMILES string of the molecule is CC(C)Oc1cccc(C(=O)NCCNC(=O)c2cn(-c3ccccc3)nc2C(F)(F)F)c1. The maximum atomic E-state index is 13.4. The molecule has 0 atom stereocenters. The minimum atomic E-state index is -4.80. The third kappa shape index (κ3) is 6.34. The second kappa shape index (κ2) is 10.2. The second-order valence-corrected chi connectivity index (χ2v) is 7.38. The first-order valence-corrected chi connectivity index (χ1v) is 10.2. The predicted molar refractivity (Wildman–Crippen MR) is 115 cm³/mol. The molecule has 2 N–H and O–H groups in total. The molecule has 10 heteroatoms. The Balaban J connectivity index is 1.61. The van der Waals surface area contributed by atoms with Gasteiger partial charge in [0, 0.05) is 24.8 Å². The van der Waals surface area contributed by atoms with Crippen molar-refractivity contribution in [3.8, 4) is 11.4 Å². The Labute approximate surface area is 188 Å². The summed E-state index contributed by atoms with van der Waals surface area (Å²) in [4.78, 5) is 24.7. The van der Waals surface area contributed by atoms with Gasteiger partial charge in [0.05, 0.1) is 17.4 Å². The molecule has 0 spiro atoms. The van der Waals surface area contributed by atoms with Gasteiger partial charge in [-0.2, -0.15) is 18.3 Å². The Morgan fingerprint density at radius 3 is 2.30 bits per heavy atom. The number of halogens is 3. The van der Waals surface area contributed by atoms with Crippen LogP contribution in [-0.2, 0) is 6.18 Å². The third-order valence-corrected chi connectivity index (χ3v) is 4.41. The highest BCUT2D eigenvalue weighted by Gasteiger charge is 2.39. The van der Waals surface area contributed by atoms with E-state index in [9.17, 15) is 22.8 Å². The van der Waals surface area contributed by atoms with Crippen molar-refractivity contribution in [3.63, 3.8) is 0 Å². The van der Waals surface area contributed by atoms with E-state index in [1.807, 2.05) is 13.8 Å². The standard InChI is InChI=1S/C23H23F3N4O3/c1-15(2)33-18-10-6-7-16(13-18)21(31)27-11-12-28-22(32)19-14-30(17-8-4-3-5-9-17)29-20(19)23(24,25)26/h3-10,13-15H,11-12H2,1-2H3,(H,27,31)(H,28,32). The van der Waals surface area contributed by atoms with Crippen LogP contribution in [-0.4, -0.2) is 40.8 Å². The molecule has 7 nitrogen and oxygen atoms in total. The van der Waals surface area contributed by atoms with Gasteiger partial charge in [-0.25, -0.2) is 4.68 Å². The topological polar surface area (TPSA) is 85.3 Å². The van der Waals surface area contributed by atoms with Crippen LogP contribution in [0, 0.1) is 0 Å². The number of carbonyl (C=O) groups is 2. The smallest absolute Gasteiger partial charge is 0.435 e. The fraction of sp³-hybridized carbons (Fsp3) is 0.261. The van der Waals surface area contributed by atoms with E-state index < -0.39 is 29.2 Å². The number of nitrogens with one attached hydrogen (secondary N) is 2. The molecule has 2 aromatic carbocycles. The molecule has 0 saturated heterocycles. The zero-order chi connectivity index (χ0) is 24.0. The lowest BCUT2D eigenvalue weighted by Gasteiger charge is -2.11. The minimum Gasteiger partial charge on any atom is -0.491 e. The van der Waals surface area contributed by atoms with Gasteiger partial charge in [0.1, 0.15) is 5.75 Å². The van der Waals surface area contributed by atoms with E-state index in [-0.39, 0.29) is 19.2 Å². The van der Waals surface area contributed by atoms with E-state index in [0.717, 1.165) is 10.9 Å². The first-order valence-electron chi connectivity index (χ1n) is 10.2. The van der Waals surface area contributed by atoms with Crippen molar-refractivity contribution in [3.05, 3.63) is 77.6 Å². The number of aromatic nitrogens is 2. The summed E-state index contributed by atoms with van der Waals surface area (Å²) in [5.74, 6) is -0.793. The van der Waals surface area contributed by atoms with E-state index in [0.29, 0.717) is 17.0 Å². The first-order chi connectivity index (χ1) is 15.6. The van der Waals surface area contributed by atoms with Crippen molar-refractivity contribution < 1.29 is 27.5 Å². The molecular formula is C23H23F3N4O3. The Morgan fingerprint density at radius 1 is 1.00 bits per heavy atom. The number of nitrogens with zero attached hydrogens (tertiary/aromatic N) is 2. The van der Waals surface area contributed by atoms with Crippen LogP contribution in [0.25, 0.3) is 5.69 Å². The largest absolute Gasteiger partial charge is 0.491 e. The van der Waals surface area contributed by atoms with Crippen molar-refractivity contribution in [2.24, 2.45) is 0 Å². The van der Waals surface area contributed by atoms with Crippen LogP contribution in [0.3, 0.4) is 0 Å². The molecule has 33 heavy (non-hydrogen) atoms. The van der Waals surface area contributed by atoms with Gasteiger partial charge in [-0.3, -0.25) is 9.59 Å². The van der Waals surface area contributed by atoms with E-state index in [1.54, 1.807) is 54.6 Å². The Bertz CT molecular complexity index is 1110. The molecule has 0 unspecified atom stereocenters. The molecule has 1 heterocycles. The minimum absolute atomic E-state index is 0.0218. The Morgan fingerprint density at radius 2 is 1.67 bits per heavy atom. The van der Waals surface area contributed by atoms with Gasteiger partial charge in [-0.15, -0.1) is 0 Å². The number of benzene rings is 2. The maximum absolute atomic E-state index is 13.4. The van der Waals surface area contributed by atoms with E-state index >= 15 is 0 Å². The van der Waals surface area contributed by atoms with Crippen molar-refractivity contribution in [2.75, 3.05) is 13.1 Å². The fourth-order valence-corrected chi connectivity index (χ4v) is 2.99. The highest BCUT2D eigenvalue weighted by atomic mass is 19.4. The predicted octanol–water partition coefficient (Wildman–Crippen LogP) is 3.84. The summed E-state index contributed by atoms with van der Waals surface area (Å²) >= 11 is 0. The second-order valence-electron chi connectivity index (χ2n) is 7.38. The molecule has 0 aliphatic carbocycles. The molecule has 0 saturated carbocycles. The molecule has 1 aromatic heterocycles. The van der Waals surface area contributed by atoms with Crippen LogP contribution in [0.4, 0.5) is 13.2 Å². The quantitative estimate of drug-likeness (QED) is 0.501. The average molecular weight is 460 g/mol. The number of carbonyl (C=O) groups excluding carboxylic acids is 2. The summed E-state index contributed by atoms with van der Waals surface area (Å²) in [5, 5.41) is 8.55. The number of hydrogen-bond acceptors (Lipinski definition) is 4. The van der Waals surface area contributed by atoms with Crippen LogP contribution < -0.4 is 15.4 Å². The highest BCUT2D eigenvalue weighted by Crippen LogP contribution is 2.31. The van der Waals surface area contributed by atoms with Gasteiger partial charge in [0.2, 0.25) is 0 Å². The maximum Gasteiger partial charge on any atom is 0.435 e. The van der Waals surface area contributed by atoms with Crippen LogP contribution in [0.5, 0.6) is 5.75 Å². The lowest BCUT2D eigenvalue weighted by molar-refractivity contribution is -0.141. The number of ether oxygens (including phenoxy) is 1. The number of rotatable bonds is 8. The number of amides is 2. The van der Waals surface area contributed by atoms with Gasteiger partial charge >= 0.3 is 6.18 Å². The Kier molecular flexibility index (Phi) is 7.37. The molecule has 3 rings (SSSR count). The molecule has 3 aromatic rings. The summed E-state index contributed by atoms with van der Waals surface area (Å²) in [6, 6.07) is 14.8. The van der Waals surface area contributed by atoms with Gasteiger partial charge in [0.25, 0.3) is 11.8 Å². The lowest BCUT2D eigenvalue weighted by Crippen LogP contribution is -2.35. The third-order valence-electron chi connectivity index (χ3n) is 4.41. The fourth-order valence-electron chi connectivity index (χ4n) is 2.99. The zero-order valence-electron chi connectivity index (χ0n) is 18.0. The van der Waals surface area contributed by atoms with Crippen molar-refractivity contribution in [2.45, 2.75) is 26.1 Å². The van der Waals surface area contributed by atoms with Crippen LogP contribution >= 0.6 is 0 Å². The van der Waals surface area contributed by atoms with Gasteiger partial charge in [0.15, 0.2) is 5.69 Å². The summed E-state index contributed by atoms with van der Waals surface area (Å²) in [6.45, 7) is 3.68. The lowest BCUT2D eigenvalue weighted by atomic mass is 10.2. The summed E-state index contributed by atoms with van der Waals surface area (Å²) in [5.41, 5.74) is -1.13. The molecular weight excluding hydrogens is 437 g/mol. The van der Waals surface area contributed by atoms with Crippen molar-refractivity contribution >= 4 is 11.8 Å². The highest BCUT2D eigenvalue weighted by molar-refractivity contribution is 5.96. The molecule has 174 valence electrons. The molecule has 0 fully saturated rings. The molecule has 2 amide bonds. The first kappa shape index (κ1) is 23.8. The van der Waals surface area contributed by atoms with Crippen molar-refractivity contribution in [1.29, 1.82) is 0 Å². The van der Waals surface area contributed by atoms with Gasteiger partial charge < -0.3 is 15.4 Å². The summed E-state index contributed by atoms with van der Waals surface area (Å²) in [7, 11) is 0. The van der Waals surface area contributed by atoms with E-state index in [1.165, 1.54) is 0 Å².